The number of nitrogens with one attached hydrogen (secondary N) is 1. The average molecular weight is 425 g/mol. The van der Waals surface area contributed by atoms with Crippen LogP contribution in [0.2, 0.25) is 0 Å². The number of aromatic hydroxyl groups is 1. The second-order valence-electron chi connectivity index (χ2n) is 5.03. The third kappa shape index (κ3) is 3.78. The van der Waals surface area contributed by atoms with Crippen molar-refractivity contribution in [2.45, 2.75) is 6.29 Å². The lowest BCUT2D eigenvalue weighted by atomic mass is 10.2. The highest BCUT2D eigenvalue weighted by Gasteiger charge is 2.37. The number of carbonyl (C=O) groups is 2. The van der Waals surface area contributed by atoms with Crippen molar-refractivity contribution in [3.05, 3.63) is 69.3 Å². The quantitative estimate of drug-likeness (QED) is 0.727. The smallest absolute Gasteiger partial charge is 0.355 e. The zero-order valence-electron chi connectivity index (χ0n) is 12.5. The molecule has 0 saturated heterocycles. The summed E-state index contributed by atoms with van der Waals surface area (Å²) in [4.78, 5) is 24.0. The van der Waals surface area contributed by atoms with Crippen LogP contribution in [0.4, 0.5) is 5.69 Å². The Morgan fingerprint density at radius 1 is 1.24 bits per heavy atom. The van der Waals surface area contributed by atoms with Gasteiger partial charge in [-0.05, 0) is 40.2 Å². The number of hydrogen-bond acceptors (Lipinski definition) is 6. The predicted molar refractivity (Wildman–Crippen MR) is 94.0 cm³/mol. The van der Waals surface area contributed by atoms with Gasteiger partial charge in [0.2, 0.25) is 0 Å². The van der Waals surface area contributed by atoms with Gasteiger partial charge >= 0.3 is 11.9 Å². The van der Waals surface area contributed by atoms with Crippen LogP contribution in [0.1, 0.15) is 10.4 Å². The molecule has 6 nitrogen and oxygen atoms in total. The van der Waals surface area contributed by atoms with Crippen LogP contribution in [0.25, 0.3) is 0 Å². The number of cyclic esters (lactones) is 1. The van der Waals surface area contributed by atoms with Crippen LogP contribution < -0.4 is 5.32 Å². The number of anilines is 1. The molecule has 8 heteroatoms. The maximum atomic E-state index is 12.3. The van der Waals surface area contributed by atoms with Gasteiger partial charge in [0.1, 0.15) is 11.4 Å². The summed E-state index contributed by atoms with van der Waals surface area (Å²) in [7, 11) is 0. The lowest BCUT2D eigenvalue weighted by Crippen LogP contribution is -2.24. The van der Waals surface area contributed by atoms with Crippen LogP contribution in [0.3, 0.4) is 0 Å². The van der Waals surface area contributed by atoms with E-state index in [0.717, 1.165) is 0 Å². The van der Waals surface area contributed by atoms with Crippen LogP contribution >= 0.6 is 27.5 Å². The van der Waals surface area contributed by atoms with Crippen molar-refractivity contribution in [2.24, 2.45) is 0 Å². The van der Waals surface area contributed by atoms with E-state index in [4.69, 9.17) is 21.1 Å². The molecule has 0 unspecified atom stereocenters. The summed E-state index contributed by atoms with van der Waals surface area (Å²) in [6, 6.07) is 12.8. The van der Waals surface area contributed by atoms with E-state index in [9.17, 15) is 14.7 Å². The maximum absolute atomic E-state index is 12.3. The number of esters is 2. The highest BCUT2D eigenvalue weighted by atomic mass is 79.9. The number of halogens is 2. The number of benzene rings is 2. The van der Waals surface area contributed by atoms with Gasteiger partial charge in [-0.1, -0.05) is 29.8 Å². The molecular formula is C17H11BrClNO5. The Bertz CT molecular complexity index is 883. The molecule has 25 heavy (non-hydrogen) atoms. The van der Waals surface area contributed by atoms with Crippen molar-refractivity contribution < 1.29 is 24.2 Å². The highest BCUT2D eigenvalue weighted by molar-refractivity contribution is 9.10. The normalized spacial score (nSPS) is 16.6. The first kappa shape index (κ1) is 17.3. The van der Waals surface area contributed by atoms with Crippen LogP contribution in [-0.2, 0) is 14.3 Å². The molecule has 2 aromatic rings. The molecule has 0 spiro atoms. The molecule has 1 heterocycles. The zero-order valence-corrected chi connectivity index (χ0v) is 14.9. The summed E-state index contributed by atoms with van der Waals surface area (Å²) in [5.41, 5.74) is 0.810. The van der Waals surface area contributed by atoms with Crippen molar-refractivity contribution in [1.82, 2.24) is 0 Å². The molecule has 1 atom stereocenters. The fraction of sp³-hybridized carbons (Fsp3) is 0.0588. The van der Waals surface area contributed by atoms with Crippen LogP contribution in [0.5, 0.6) is 5.75 Å². The van der Waals surface area contributed by atoms with Gasteiger partial charge in [0.05, 0.1) is 5.56 Å². The van der Waals surface area contributed by atoms with Crippen LogP contribution in [0.15, 0.2) is 63.7 Å². The summed E-state index contributed by atoms with van der Waals surface area (Å²) in [6.07, 6.45) is -1.32. The monoisotopic (exact) mass is 423 g/mol. The molecule has 0 aliphatic carbocycles. The molecule has 3 rings (SSSR count). The maximum Gasteiger partial charge on any atom is 0.355 e. The topological polar surface area (TPSA) is 84.9 Å². The lowest BCUT2D eigenvalue weighted by Gasteiger charge is -2.16. The van der Waals surface area contributed by atoms with Gasteiger partial charge in [-0.25, -0.2) is 9.59 Å². The Morgan fingerprint density at radius 3 is 2.72 bits per heavy atom. The van der Waals surface area contributed by atoms with Gasteiger partial charge in [-0.15, -0.1) is 0 Å². The molecule has 2 N–H and O–H groups in total. The van der Waals surface area contributed by atoms with E-state index in [1.165, 1.54) is 12.1 Å². The van der Waals surface area contributed by atoms with E-state index in [1.54, 1.807) is 36.4 Å². The molecule has 0 bridgehead atoms. The minimum absolute atomic E-state index is 0.0220. The summed E-state index contributed by atoms with van der Waals surface area (Å²) in [6.45, 7) is 0. The minimum atomic E-state index is -1.32. The molecule has 1 aliphatic heterocycles. The third-order valence-corrected chi connectivity index (χ3v) is 4.35. The van der Waals surface area contributed by atoms with E-state index in [0.29, 0.717) is 10.2 Å². The highest BCUT2D eigenvalue weighted by Crippen LogP contribution is 2.30. The predicted octanol–water partition coefficient (Wildman–Crippen LogP) is 3.76. The molecule has 0 aromatic heterocycles. The molecule has 0 amide bonds. The number of phenolic OH excluding ortho intramolecular Hbond substituents is 1. The first-order valence-corrected chi connectivity index (χ1v) is 8.25. The van der Waals surface area contributed by atoms with Crippen LogP contribution in [-0.4, -0.2) is 23.3 Å². The van der Waals surface area contributed by atoms with E-state index in [-0.39, 0.29) is 22.0 Å². The van der Waals surface area contributed by atoms with Crippen molar-refractivity contribution in [3.63, 3.8) is 0 Å². The van der Waals surface area contributed by atoms with E-state index in [2.05, 4.69) is 21.2 Å². The Balaban J connectivity index is 1.82. The summed E-state index contributed by atoms with van der Waals surface area (Å²) in [5, 5.41) is 12.1. The van der Waals surface area contributed by atoms with Gasteiger partial charge in [0.15, 0.2) is 5.03 Å². The molecule has 128 valence electrons. The van der Waals surface area contributed by atoms with Gasteiger partial charge in [0.25, 0.3) is 6.29 Å². The zero-order chi connectivity index (χ0) is 18.0. The summed E-state index contributed by atoms with van der Waals surface area (Å²) < 4.78 is 10.8. The molecule has 1 aliphatic rings. The lowest BCUT2D eigenvalue weighted by molar-refractivity contribution is -0.152. The first-order valence-electron chi connectivity index (χ1n) is 7.08. The second-order valence-corrected chi connectivity index (χ2v) is 6.26. The van der Waals surface area contributed by atoms with Crippen molar-refractivity contribution >= 4 is 45.2 Å². The average Bonchev–Trinajstić information content (AvgIpc) is 2.83. The molecule has 0 saturated carbocycles. The fourth-order valence-corrected chi connectivity index (χ4v) is 2.77. The van der Waals surface area contributed by atoms with Gasteiger partial charge < -0.3 is 19.9 Å². The third-order valence-electron chi connectivity index (χ3n) is 3.30. The first-order chi connectivity index (χ1) is 12.0. The van der Waals surface area contributed by atoms with Crippen molar-refractivity contribution in [3.8, 4) is 5.75 Å². The van der Waals surface area contributed by atoms with E-state index < -0.39 is 18.2 Å². The summed E-state index contributed by atoms with van der Waals surface area (Å²) >= 11 is 9.21. The second kappa shape index (κ2) is 7.16. The van der Waals surface area contributed by atoms with E-state index in [1.807, 2.05) is 0 Å². The molecule has 0 radical (unpaired) electrons. The summed E-state index contributed by atoms with van der Waals surface area (Å²) in [5.74, 6) is -1.48. The minimum Gasteiger partial charge on any atom is -0.508 e. The van der Waals surface area contributed by atoms with E-state index >= 15 is 0 Å². The Morgan fingerprint density at radius 2 is 2.00 bits per heavy atom. The number of carbonyl (C=O) groups excluding carboxylic acids is 2. The van der Waals surface area contributed by atoms with Gasteiger partial charge in [0, 0.05) is 16.2 Å². The van der Waals surface area contributed by atoms with Gasteiger partial charge in [-0.3, -0.25) is 0 Å². The largest absolute Gasteiger partial charge is 0.508 e. The van der Waals surface area contributed by atoms with Crippen LogP contribution in [0, 0.1) is 0 Å². The van der Waals surface area contributed by atoms with Crippen molar-refractivity contribution in [2.75, 3.05) is 5.32 Å². The number of ether oxygens (including phenoxy) is 2. The number of hydrogen-bond donors (Lipinski definition) is 2. The number of phenols is 1. The Kier molecular flexibility index (Phi) is 4.96. The molecule has 2 aromatic carbocycles. The fourth-order valence-electron chi connectivity index (χ4n) is 2.14. The van der Waals surface area contributed by atoms with Crippen molar-refractivity contribution in [1.29, 1.82) is 0 Å². The Hall–Kier alpha value is -2.51. The molecular weight excluding hydrogens is 414 g/mol. The molecule has 0 fully saturated rings. The SMILES string of the molecule is O=C1O[C@@H](OC(=O)c2ccccc2Br)C(Nc2cccc(O)c2)=C1Cl. The number of rotatable bonds is 4. The standard InChI is InChI=1S/C17H11BrClNO5/c18-12-7-2-1-6-11(12)15(22)24-17-14(13(19)16(23)25-17)20-9-4-3-5-10(21)8-9/h1-8,17,20-21H/t17-/m1/s1. The van der Waals surface area contributed by atoms with Gasteiger partial charge in [-0.2, -0.15) is 0 Å². The Labute approximate surface area is 156 Å².